The predicted octanol–water partition coefficient (Wildman–Crippen LogP) is 4.09. The van der Waals surface area contributed by atoms with Crippen LogP contribution in [0.1, 0.15) is 10.4 Å². The van der Waals surface area contributed by atoms with E-state index in [1.165, 1.54) is 30.0 Å². The van der Waals surface area contributed by atoms with Gasteiger partial charge in [-0.25, -0.2) is 4.39 Å². The number of amides is 1. The summed E-state index contributed by atoms with van der Waals surface area (Å²) in [6.07, 6.45) is 1.92. The average Bonchev–Trinajstić information content (AvgIpc) is 2.42. The molecule has 2 aromatic rings. The number of halogens is 1. The number of benzene rings is 2. The van der Waals surface area contributed by atoms with Crippen LogP contribution in [0.4, 0.5) is 10.1 Å². The SMILES string of the molecule is CSc1ccccc1NC(=O)c1cc(S)ccc1F. The third-order valence-corrected chi connectivity index (χ3v) is 3.62. The topological polar surface area (TPSA) is 29.1 Å². The molecular weight excluding hydrogens is 281 g/mol. The number of nitrogens with one attached hydrogen (secondary N) is 1. The molecule has 0 aliphatic heterocycles. The number of rotatable bonds is 3. The number of thiol groups is 1. The number of carbonyl (C=O) groups is 1. The fourth-order valence-corrected chi connectivity index (χ4v) is 2.38. The second-order valence-corrected chi connectivity index (χ2v) is 5.18. The van der Waals surface area contributed by atoms with Gasteiger partial charge in [-0.2, -0.15) is 0 Å². The largest absolute Gasteiger partial charge is 0.321 e. The van der Waals surface area contributed by atoms with Crippen LogP contribution in [0.15, 0.2) is 52.3 Å². The molecule has 0 aromatic heterocycles. The van der Waals surface area contributed by atoms with Crippen molar-refractivity contribution in [2.75, 3.05) is 11.6 Å². The Morgan fingerprint density at radius 3 is 2.74 bits per heavy atom. The van der Waals surface area contributed by atoms with Crippen LogP contribution in [-0.4, -0.2) is 12.2 Å². The Balaban J connectivity index is 2.28. The van der Waals surface area contributed by atoms with Crippen molar-refractivity contribution in [3.63, 3.8) is 0 Å². The number of hydrogen-bond acceptors (Lipinski definition) is 3. The monoisotopic (exact) mass is 293 g/mol. The molecule has 0 spiro atoms. The van der Waals surface area contributed by atoms with Gasteiger partial charge in [-0.05, 0) is 36.6 Å². The van der Waals surface area contributed by atoms with E-state index in [1.54, 1.807) is 6.07 Å². The smallest absolute Gasteiger partial charge is 0.258 e. The molecule has 5 heteroatoms. The molecule has 2 rings (SSSR count). The van der Waals surface area contributed by atoms with Crippen LogP contribution in [0.25, 0.3) is 0 Å². The minimum atomic E-state index is -0.558. The van der Waals surface area contributed by atoms with Crippen LogP contribution in [-0.2, 0) is 0 Å². The van der Waals surface area contributed by atoms with Crippen LogP contribution in [0, 0.1) is 5.82 Å². The van der Waals surface area contributed by atoms with Gasteiger partial charge in [-0.3, -0.25) is 4.79 Å². The Kier molecular flexibility index (Phi) is 4.50. The van der Waals surface area contributed by atoms with Crippen LogP contribution in [0.3, 0.4) is 0 Å². The van der Waals surface area contributed by atoms with Gasteiger partial charge in [0, 0.05) is 9.79 Å². The van der Waals surface area contributed by atoms with Crippen molar-refractivity contribution in [2.24, 2.45) is 0 Å². The fourth-order valence-electron chi connectivity index (χ4n) is 1.62. The van der Waals surface area contributed by atoms with Crippen LogP contribution in [0.5, 0.6) is 0 Å². The number of para-hydroxylation sites is 1. The zero-order valence-electron chi connectivity index (χ0n) is 10.2. The van der Waals surface area contributed by atoms with Crippen molar-refractivity contribution in [2.45, 2.75) is 9.79 Å². The first kappa shape index (κ1) is 14.0. The number of anilines is 1. The van der Waals surface area contributed by atoms with Gasteiger partial charge in [0.15, 0.2) is 0 Å². The highest BCUT2D eigenvalue weighted by Gasteiger charge is 2.13. The summed E-state index contributed by atoms with van der Waals surface area (Å²) in [5.74, 6) is -1.04. The van der Waals surface area contributed by atoms with E-state index < -0.39 is 11.7 Å². The predicted molar refractivity (Wildman–Crippen MR) is 79.8 cm³/mol. The standard InChI is InChI=1S/C14H12FNOS2/c1-19-13-5-3-2-4-12(13)16-14(17)10-8-9(18)6-7-11(10)15/h2-8,18H,1H3,(H,16,17). The molecule has 1 amide bonds. The fraction of sp³-hybridized carbons (Fsp3) is 0.0714. The third kappa shape index (κ3) is 3.30. The first-order valence-electron chi connectivity index (χ1n) is 5.54. The summed E-state index contributed by atoms with van der Waals surface area (Å²) in [6.45, 7) is 0. The normalized spacial score (nSPS) is 10.3. The second-order valence-electron chi connectivity index (χ2n) is 3.82. The first-order valence-corrected chi connectivity index (χ1v) is 7.22. The van der Waals surface area contributed by atoms with Crippen LogP contribution >= 0.6 is 24.4 Å². The Morgan fingerprint density at radius 1 is 1.26 bits per heavy atom. The number of thioether (sulfide) groups is 1. The Hall–Kier alpha value is -1.46. The lowest BCUT2D eigenvalue weighted by Gasteiger charge is -2.10. The Morgan fingerprint density at radius 2 is 2.00 bits per heavy atom. The van der Waals surface area contributed by atoms with Gasteiger partial charge in [-0.1, -0.05) is 12.1 Å². The molecule has 0 atom stereocenters. The Bertz CT molecular complexity index is 616. The van der Waals surface area contributed by atoms with Gasteiger partial charge in [0.1, 0.15) is 5.82 Å². The van der Waals surface area contributed by atoms with E-state index >= 15 is 0 Å². The summed E-state index contributed by atoms with van der Waals surface area (Å²) >= 11 is 5.63. The molecule has 0 bridgehead atoms. The van der Waals surface area contributed by atoms with E-state index in [4.69, 9.17) is 0 Å². The molecular formula is C14H12FNOS2. The summed E-state index contributed by atoms with van der Waals surface area (Å²) in [5, 5.41) is 2.71. The quantitative estimate of drug-likeness (QED) is 0.659. The van der Waals surface area contributed by atoms with Crippen molar-refractivity contribution in [3.05, 3.63) is 53.8 Å². The van der Waals surface area contributed by atoms with E-state index in [9.17, 15) is 9.18 Å². The Labute approximate surface area is 120 Å². The molecule has 0 heterocycles. The highest BCUT2D eigenvalue weighted by atomic mass is 32.2. The molecule has 0 fully saturated rings. The minimum absolute atomic E-state index is 0.0107. The number of carbonyl (C=O) groups excluding carboxylic acids is 1. The van der Waals surface area contributed by atoms with E-state index in [2.05, 4.69) is 17.9 Å². The molecule has 0 unspecified atom stereocenters. The molecule has 0 aliphatic rings. The average molecular weight is 293 g/mol. The summed E-state index contributed by atoms with van der Waals surface area (Å²) in [7, 11) is 0. The van der Waals surface area contributed by atoms with E-state index in [0.717, 1.165) is 4.90 Å². The molecule has 2 aromatic carbocycles. The zero-order valence-corrected chi connectivity index (χ0v) is 11.9. The molecule has 0 saturated carbocycles. The van der Waals surface area contributed by atoms with Gasteiger partial charge >= 0.3 is 0 Å². The third-order valence-electron chi connectivity index (χ3n) is 2.55. The number of hydrogen-bond donors (Lipinski definition) is 2. The maximum atomic E-state index is 13.6. The van der Waals surface area contributed by atoms with E-state index in [1.807, 2.05) is 24.5 Å². The van der Waals surface area contributed by atoms with Crippen LogP contribution in [0.2, 0.25) is 0 Å². The minimum Gasteiger partial charge on any atom is -0.321 e. The lowest BCUT2D eigenvalue weighted by molar-refractivity contribution is 0.102. The summed E-state index contributed by atoms with van der Waals surface area (Å²) in [4.78, 5) is 13.5. The summed E-state index contributed by atoms with van der Waals surface area (Å²) < 4.78 is 13.6. The second kappa shape index (κ2) is 6.12. The first-order chi connectivity index (χ1) is 9.11. The lowest BCUT2D eigenvalue weighted by Crippen LogP contribution is -2.14. The van der Waals surface area contributed by atoms with Crippen molar-refractivity contribution in [1.29, 1.82) is 0 Å². The maximum Gasteiger partial charge on any atom is 0.258 e. The van der Waals surface area contributed by atoms with E-state index in [0.29, 0.717) is 10.6 Å². The molecule has 2 nitrogen and oxygen atoms in total. The van der Waals surface area contributed by atoms with Gasteiger partial charge < -0.3 is 5.32 Å². The highest BCUT2D eigenvalue weighted by molar-refractivity contribution is 7.98. The molecule has 0 saturated heterocycles. The van der Waals surface area contributed by atoms with Crippen LogP contribution < -0.4 is 5.32 Å². The van der Waals surface area contributed by atoms with Gasteiger partial charge in [-0.15, -0.1) is 24.4 Å². The van der Waals surface area contributed by atoms with Crippen molar-refractivity contribution in [1.82, 2.24) is 0 Å². The van der Waals surface area contributed by atoms with Gasteiger partial charge in [0.2, 0.25) is 0 Å². The maximum absolute atomic E-state index is 13.6. The molecule has 19 heavy (non-hydrogen) atoms. The lowest BCUT2D eigenvalue weighted by atomic mass is 10.2. The molecule has 98 valence electrons. The van der Waals surface area contributed by atoms with Gasteiger partial charge in [0.05, 0.1) is 11.3 Å². The van der Waals surface area contributed by atoms with Crippen molar-refractivity contribution < 1.29 is 9.18 Å². The zero-order chi connectivity index (χ0) is 13.8. The molecule has 1 N–H and O–H groups in total. The molecule has 0 radical (unpaired) electrons. The van der Waals surface area contributed by atoms with Crippen molar-refractivity contribution in [3.8, 4) is 0 Å². The van der Waals surface area contributed by atoms with E-state index in [-0.39, 0.29) is 5.56 Å². The highest BCUT2D eigenvalue weighted by Crippen LogP contribution is 2.25. The summed E-state index contributed by atoms with van der Waals surface area (Å²) in [6, 6.07) is 11.5. The summed E-state index contributed by atoms with van der Waals surface area (Å²) in [5.41, 5.74) is 0.660. The van der Waals surface area contributed by atoms with Crippen molar-refractivity contribution >= 4 is 36.0 Å². The molecule has 0 aliphatic carbocycles. The van der Waals surface area contributed by atoms with Gasteiger partial charge in [0.25, 0.3) is 5.91 Å².